The van der Waals surface area contributed by atoms with Gasteiger partial charge in [0.05, 0.1) is 5.69 Å². The first kappa shape index (κ1) is 19.6. The lowest BCUT2D eigenvalue weighted by Gasteiger charge is -2.42. The van der Waals surface area contributed by atoms with Gasteiger partial charge in [-0.1, -0.05) is 72.3 Å². The number of hydrogen-bond acceptors (Lipinski definition) is 4. The Bertz CT molecular complexity index is 1170. The quantitative estimate of drug-likeness (QED) is 0.462. The molecular weight excluding hydrogens is 380 g/mol. The molecule has 0 amide bonds. The largest absolute Gasteiger partial charge is 0.365 e. The lowest BCUT2D eigenvalue weighted by molar-refractivity contribution is 0.546. The zero-order valence-electron chi connectivity index (χ0n) is 18.2. The van der Waals surface area contributed by atoms with E-state index in [4.69, 9.17) is 5.10 Å². The van der Waals surface area contributed by atoms with Crippen molar-refractivity contribution in [2.75, 3.05) is 29.4 Å². The van der Waals surface area contributed by atoms with Crippen LogP contribution in [0.5, 0.6) is 0 Å². The highest BCUT2D eigenvalue weighted by Crippen LogP contribution is 2.30. The van der Waals surface area contributed by atoms with Gasteiger partial charge < -0.3 is 9.80 Å². The maximum absolute atomic E-state index is 4.73. The first-order valence-corrected chi connectivity index (χ1v) is 11.1. The van der Waals surface area contributed by atoms with Gasteiger partial charge in [0.25, 0.3) is 0 Å². The fraction of sp³-hybridized carbons (Fsp3) is 0.259. The SMILES string of the molecule is Cc1ccc(N2CCN(c3nnc(Cc4ccccc4)c4ccccc34)C[C@H]2C)cc1. The molecule has 5 rings (SSSR count). The number of benzene rings is 3. The van der Waals surface area contributed by atoms with Crippen molar-refractivity contribution >= 4 is 22.3 Å². The van der Waals surface area contributed by atoms with Gasteiger partial charge in [-0.3, -0.25) is 0 Å². The third-order valence-corrected chi connectivity index (χ3v) is 6.25. The molecule has 2 heterocycles. The molecule has 0 aliphatic carbocycles. The number of anilines is 2. The van der Waals surface area contributed by atoms with Crippen LogP contribution < -0.4 is 9.80 Å². The molecule has 1 aliphatic heterocycles. The second-order valence-electron chi connectivity index (χ2n) is 8.50. The summed E-state index contributed by atoms with van der Waals surface area (Å²) in [5, 5.41) is 11.8. The predicted octanol–water partition coefficient (Wildman–Crippen LogP) is 5.24. The number of fused-ring (bicyclic) bond motifs is 1. The topological polar surface area (TPSA) is 32.3 Å². The van der Waals surface area contributed by atoms with Crippen molar-refractivity contribution in [2.24, 2.45) is 0 Å². The van der Waals surface area contributed by atoms with Gasteiger partial charge in [0, 0.05) is 48.6 Å². The molecule has 4 heteroatoms. The second kappa shape index (κ2) is 8.38. The van der Waals surface area contributed by atoms with Crippen molar-refractivity contribution < 1.29 is 0 Å². The minimum absolute atomic E-state index is 0.404. The van der Waals surface area contributed by atoms with Crippen LogP contribution in [-0.4, -0.2) is 35.9 Å². The van der Waals surface area contributed by atoms with Crippen LogP contribution in [0.3, 0.4) is 0 Å². The van der Waals surface area contributed by atoms with E-state index in [1.807, 2.05) is 6.07 Å². The van der Waals surface area contributed by atoms with E-state index in [0.29, 0.717) is 6.04 Å². The number of hydrogen-bond donors (Lipinski definition) is 0. The minimum atomic E-state index is 0.404. The summed E-state index contributed by atoms with van der Waals surface area (Å²) in [7, 11) is 0. The van der Waals surface area contributed by atoms with E-state index in [2.05, 4.69) is 102 Å². The highest BCUT2D eigenvalue weighted by molar-refractivity contribution is 5.93. The van der Waals surface area contributed by atoms with Crippen molar-refractivity contribution in [3.63, 3.8) is 0 Å². The molecular formula is C27H28N4. The Morgan fingerprint density at radius 3 is 2.26 bits per heavy atom. The van der Waals surface area contributed by atoms with E-state index < -0.39 is 0 Å². The van der Waals surface area contributed by atoms with E-state index in [1.165, 1.54) is 27.6 Å². The summed E-state index contributed by atoms with van der Waals surface area (Å²) < 4.78 is 0. The van der Waals surface area contributed by atoms with Crippen molar-refractivity contribution in [3.8, 4) is 0 Å². The third-order valence-electron chi connectivity index (χ3n) is 6.25. The first-order chi connectivity index (χ1) is 15.2. The van der Waals surface area contributed by atoms with E-state index in [9.17, 15) is 0 Å². The van der Waals surface area contributed by atoms with Gasteiger partial charge >= 0.3 is 0 Å². The Morgan fingerprint density at radius 1 is 0.806 bits per heavy atom. The lowest BCUT2D eigenvalue weighted by atomic mass is 10.0. The number of aromatic nitrogens is 2. The number of piperazine rings is 1. The fourth-order valence-corrected chi connectivity index (χ4v) is 4.57. The van der Waals surface area contributed by atoms with Gasteiger partial charge in [0.2, 0.25) is 0 Å². The monoisotopic (exact) mass is 408 g/mol. The van der Waals surface area contributed by atoms with Gasteiger partial charge in [0.1, 0.15) is 0 Å². The Hall–Kier alpha value is -3.40. The van der Waals surface area contributed by atoms with E-state index in [1.54, 1.807) is 0 Å². The zero-order chi connectivity index (χ0) is 21.2. The lowest BCUT2D eigenvalue weighted by Crippen LogP contribution is -2.52. The van der Waals surface area contributed by atoms with Gasteiger partial charge in [-0.2, -0.15) is 5.10 Å². The number of aryl methyl sites for hydroxylation is 1. The zero-order valence-corrected chi connectivity index (χ0v) is 18.2. The Morgan fingerprint density at radius 2 is 1.52 bits per heavy atom. The average Bonchev–Trinajstić information content (AvgIpc) is 2.81. The Labute approximate surface area is 184 Å². The molecule has 0 unspecified atom stereocenters. The molecule has 1 atom stereocenters. The Balaban J connectivity index is 1.42. The normalized spacial score (nSPS) is 16.6. The molecule has 3 aromatic carbocycles. The smallest absolute Gasteiger partial charge is 0.159 e. The molecule has 31 heavy (non-hydrogen) atoms. The molecule has 0 saturated carbocycles. The predicted molar refractivity (Wildman–Crippen MR) is 129 cm³/mol. The molecule has 4 nitrogen and oxygen atoms in total. The van der Waals surface area contributed by atoms with Crippen LogP contribution >= 0.6 is 0 Å². The van der Waals surface area contributed by atoms with E-state index in [-0.39, 0.29) is 0 Å². The summed E-state index contributed by atoms with van der Waals surface area (Å²) in [4.78, 5) is 4.90. The maximum atomic E-state index is 4.73. The van der Waals surface area contributed by atoms with Gasteiger partial charge in [-0.25, -0.2) is 0 Å². The van der Waals surface area contributed by atoms with E-state index >= 15 is 0 Å². The van der Waals surface area contributed by atoms with Crippen LogP contribution in [-0.2, 0) is 6.42 Å². The van der Waals surface area contributed by atoms with Crippen molar-refractivity contribution in [1.82, 2.24) is 10.2 Å². The third kappa shape index (κ3) is 3.98. The van der Waals surface area contributed by atoms with Crippen molar-refractivity contribution in [3.05, 3.63) is 95.7 Å². The highest BCUT2D eigenvalue weighted by atomic mass is 15.3. The van der Waals surface area contributed by atoms with Crippen molar-refractivity contribution in [2.45, 2.75) is 26.3 Å². The maximum Gasteiger partial charge on any atom is 0.159 e. The number of rotatable bonds is 4. The minimum Gasteiger partial charge on any atom is -0.365 e. The molecule has 0 N–H and O–H groups in total. The molecule has 0 bridgehead atoms. The first-order valence-electron chi connectivity index (χ1n) is 11.1. The fourth-order valence-electron chi connectivity index (χ4n) is 4.57. The molecule has 1 fully saturated rings. The summed E-state index contributed by atoms with van der Waals surface area (Å²) in [6.07, 6.45) is 0.798. The summed E-state index contributed by atoms with van der Waals surface area (Å²) in [6.45, 7) is 7.29. The van der Waals surface area contributed by atoms with Crippen LogP contribution in [0.25, 0.3) is 10.8 Å². The summed E-state index contributed by atoms with van der Waals surface area (Å²) >= 11 is 0. The molecule has 4 aromatic rings. The van der Waals surface area contributed by atoms with Crippen LogP contribution in [0.1, 0.15) is 23.7 Å². The highest BCUT2D eigenvalue weighted by Gasteiger charge is 2.26. The van der Waals surface area contributed by atoms with Crippen LogP contribution in [0.2, 0.25) is 0 Å². The standard InChI is InChI=1S/C27H28N4/c1-20-12-14-23(15-13-20)31-17-16-30(19-21(31)2)27-25-11-7-6-10-24(25)26(28-29-27)18-22-8-4-3-5-9-22/h3-15,21H,16-19H2,1-2H3/t21-/m1/s1. The summed E-state index contributed by atoms with van der Waals surface area (Å²) in [6, 6.07) is 28.3. The van der Waals surface area contributed by atoms with Crippen LogP contribution in [0.4, 0.5) is 11.5 Å². The average molecular weight is 409 g/mol. The molecule has 0 spiro atoms. The molecule has 1 aliphatic rings. The van der Waals surface area contributed by atoms with Crippen molar-refractivity contribution in [1.29, 1.82) is 0 Å². The second-order valence-corrected chi connectivity index (χ2v) is 8.50. The van der Waals surface area contributed by atoms with Gasteiger partial charge in [-0.05, 0) is 31.5 Å². The molecule has 1 aromatic heterocycles. The van der Waals surface area contributed by atoms with Gasteiger partial charge in [0.15, 0.2) is 5.82 Å². The van der Waals surface area contributed by atoms with Crippen LogP contribution in [0.15, 0.2) is 78.9 Å². The summed E-state index contributed by atoms with van der Waals surface area (Å²) in [5.41, 5.74) is 4.89. The molecule has 1 saturated heterocycles. The number of nitrogens with zero attached hydrogens (tertiary/aromatic N) is 4. The van der Waals surface area contributed by atoms with Crippen LogP contribution in [0, 0.1) is 6.92 Å². The summed E-state index contributed by atoms with van der Waals surface area (Å²) in [5.74, 6) is 1.00. The molecule has 0 radical (unpaired) electrons. The van der Waals surface area contributed by atoms with E-state index in [0.717, 1.165) is 37.6 Å². The Kier molecular flexibility index (Phi) is 5.29. The molecule has 156 valence electrons. The van der Waals surface area contributed by atoms with Gasteiger partial charge in [-0.15, -0.1) is 5.10 Å².